The van der Waals surface area contributed by atoms with Crippen molar-refractivity contribution in [2.24, 2.45) is 5.73 Å². The topological polar surface area (TPSA) is 64.3 Å². The summed E-state index contributed by atoms with van der Waals surface area (Å²) in [5.41, 5.74) is 4.47. The number of halogens is 3. The SMILES string of the molecule is COc1cc(F)c(NC(=O)C2(N)CC2)cc1F.Cl. The van der Waals surface area contributed by atoms with Crippen molar-refractivity contribution in [2.75, 3.05) is 12.4 Å². The summed E-state index contributed by atoms with van der Waals surface area (Å²) >= 11 is 0. The molecule has 1 aromatic carbocycles. The van der Waals surface area contributed by atoms with Crippen molar-refractivity contribution in [3.05, 3.63) is 23.8 Å². The lowest BCUT2D eigenvalue weighted by Gasteiger charge is -2.12. The lowest BCUT2D eigenvalue weighted by molar-refractivity contribution is -0.118. The van der Waals surface area contributed by atoms with Crippen molar-refractivity contribution in [1.29, 1.82) is 0 Å². The van der Waals surface area contributed by atoms with E-state index in [1.54, 1.807) is 0 Å². The summed E-state index contributed by atoms with van der Waals surface area (Å²) in [6, 6.07) is 1.75. The van der Waals surface area contributed by atoms with Crippen LogP contribution < -0.4 is 15.8 Å². The average Bonchev–Trinajstić information content (AvgIpc) is 3.02. The molecule has 0 spiro atoms. The predicted octanol–water partition coefficient (Wildman–Crippen LogP) is 1.82. The van der Waals surface area contributed by atoms with Crippen LogP contribution in [0.15, 0.2) is 12.1 Å². The molecule has 1 aliphatic carbocycles. The zero-order valence-corrected chi connectivity index (χ0v) is 10.4. The van der Waals surface area contributed by atoms with Crippen LogP contribution >= 0.6 is 12.4 Å². The number of ether oxygens (including phenoxy) is 1. The normalized spacial score (nSPS) is 15.6. The maximum absolute atomic E-state index is 13.5. The number of anilines is 1. The van der Waals surface area contributed by atoms with Crippen molar-refractivity contribution in [3.63, 3.8) is 0 Å². The number of nitrogens with two attached hydrogens (primary N) is 1. The van der Waals surface area contributed by atoms with Crippen molar-refractivity contribution in [3.8, 4) is 5.75 Å². The highest BCUT2D eigenvalue weighted by molar-refractivity contribution is 6.00. The van der Waals surface area contributed by atoms with Gasteiger partial charge in [-0.25, -0.2) is 8.78 Å². The lowest BCUT2D eigenvalue weighted by Crippen LogP contribution is -2.38. The van der Waals surface area contributed by atoms with E-state index in [-0.39, 0.29) is 23.8 Å². The second-order valence-electron chi connectivity index (χ2n) is 4.08. The van der Waals surface area contributed by atoms with Gasteiger partial charge in [0.15, 0.2) is 17.4 Å². The molecule has 0 radical (unpaired) electrons. The number of carbonyl (C=O) groups excluding carboxylic acids is 1. The van der Waals surface area contributed by atoms with Gasteiger partial charge in [-0.05, 0) is 12.8 Å². The largest absolute Gasteiger partial charge is 0.494 e. The van der Waals surface area contributed by atoms with E-state index in [9.17, 15) is 13.6 Å². The highest BCUT2D eigenvalue weighted by Crippen LogP contribution is 2.34. The quantitative estimate of drug-likeness (QED) is 0.886. The number of benzene rings is 1. The first-order valence-corrected chi connectivity index (χ1v) is 5.09. The summed E-state index contributed by atoms with van der Waals surface area (Å²) in [6.45, 7) is 0. The van der Waals surface area contributed by atoms with E-state index in [1.165, 1.54) is 7.11 Å². The van der Waals surface area contributed by atoms with Crippen LogP contribution in [0.4, 0.5) is 14.5 Å². The molecule has 2 rings (SSSR count). The molecule has 1 fully saturated rings. The highest BCUT2D eigenvalue weighted by Gasteiger charge is 2.46. The molecule has 3 N–H and O–H groups in total. The summed E-state index contributed by atoms with van der Waals surface area (Å²) < 4.78 is 31.4. The van der Waals surface area contributed by atoms with E-state index in [2.05, 4.69) is 10.1 Å². The first-order chi connectivity index (χ1) is 7.96. The van der Waals surface area contributed by atoms with Crippen LogP contribution in [-0.2, 0) is 4.79 Å². The molecular weight excluding hydrogens is 266 g/mol. The smallest absolute Gasteiger partial charge is 0.244 e. The molecule has 7 heteroatoms. The van der Waals surface area contributed by atoms with Crippen LogP contribution in [0, 0.1) is 11.6 Å². The molecule has 18 heavy (non-hydrogen) atoms. The molecule has 0 aliphatic heterocycles. The molecule has 1 aromatic rings. The number of rotatable bonds is 3. The van der Waals surface area contributed by atoms with Gasteiger partial charge in [-0.15, -0.1) is 12.4 Å². The van der Waals surface area contributed by atoms with Gasteiger partial charge in [-0.1, -0.05) is 0 Å². The van der Waals surface area contributed by atoms with Crippen LogP contribution in [-0.4, -0.2) is 18.6 Å². The minimum absolute atomic E-state index is 0. The molecule has 1 saturated carbocycles. The molecule has 0 bridgehead atoms. The standard InChI is InChI=1S/C11H12F2N2O2.ClH/c1-17-9-5-6(12)8(4-7(9)13)15-10(16)11(14)2-3-11;/h4-5H,2-3,14H2,1H3,(H,15,16);1H. The average molecular weight is 279 g/mol. The third kappa shape index (κ3) is 2.70. The maximum Gasteiger partial charge on any atom is 0.244 e. The van der Waals surface area contributed by atoms with Crippen LogP contribution in [0.25, 0.3) is 0 Å². The predicted molar refractivity (Wildman–Crippen MR) is 64.9 cm³/mol. The van der Waals surface area contributed by atoms with E-state index in [0.29, 0.717) is 12.8 Å². The Balaban J connectivity index is 0.00000162. The van der Waals surface area contributed by atoms with Gasteiger partial charge in [0, 0.05) is 12.1 Å². The van der Waals surface area contributed by atoms with E-state index in [4.69, 9.17) is 5.73 Å². The number of hydrogen-bond acceptors (Lipinski definition) is 3. The zero-order valence-electron chi connectivity index (χ0n) is 9.63. The molecule has 4 nitrogen and oxygen atoms in total. The number of nitrogens with one attached hydrogen (secondary N) is 1. The van der Waals surface area contributed by atoms with Crippen LogP contribution in [0.5, 0.6) is 5.75 Å². The first kappa shape index (κ1) is 14.7. The Labute approximate surface area is 109 Å². The van der Waals surface area contributed by atoms with E-state index >= 15 is 0 Å². The molecule has 0 heterocycles. The van der Waals surface area contributed by atoms with Crippen LogP contribution in [0.3, 0.4) is 0 Å². The second kappa shape index (κ2) is 5.07. The summed E-state index contributed by atoms with van der Waals surface area (Å²) in [6.07, 6.45) is 1.11. The molecule has 100 valence electrons. The van der Waals surface area contributed by atoms with Crippen molar-refractivity contribution >= 4 is 24.0 Å². The Kier molecular flexibility index (Phi) is 4.13. The van der Waals surface area contributed by atoms with Crippen LogP contribution in [0.2, 0.25) is 0 Å². The summed E-state index contributed by atoms with van der Waals surface area (Å²) in [4.78, 5) is 11.6. The second-order valence-corrected chi connectivity index (χ2v) is 4.08. The molecule has 0 unspecified atom stereocenters. The van der Waals surface area contributed by atoms with Gasteiger partial charge in [0.25, 0.3) is 0 Å². The molecule has 0 saturated heterocycles. The van der Waals surface area contributed by atoms with E-state index in [1.807, 2.05) is 0 Å². The molecule has 0 atom stereocenters. The van der Waals surface area contributed by atoms with Gasteiger partial charge in [-0.3, -0.25) is 4.79 Å². The van der Waals surface area contributed by atoms with Gasteiger partial charge < -0.3 is 15.8 Å². The monoisotopic (exact) mass is 278 g/mol. The number of methoxy groups -OCH3 is 1. The third-order valence-electron chi connectivity index (χ3n) is 2.73. The van der Waals surface area contributed by atoms with Gasteiger partial charge >= 0.3 is 0 Å². The van der Waals surface area contributed by atoms with E-state index < -0.39 is 23.1 Å². The van der Waals surface area contributed by atoms with Gasteiger partial charge in [0.2, 0.25) is 5.91 Å². The fourth-order valence-electron chi connectivity index (χ4n) is 1.39. The summed E-state index contributed by atoms with van der Waals surface area (Å²) in [5, 5.41) is 2.27. The van der Waals surface area contributed by atoms with Crippen LogP contribution in [0.1, 0.15) is 12.8 Å². The zero-order chi connectivity index (χ0) is 12.6. The highest BCUT2D eigenvalue weighted by atomic mass is 35.5. The molecule has 0 aromatic heterocycles. The van der Waals surface area contributed by atoms with Gasteiger partial charge in [-0.2, -0.15) is 0 Å². The number of amides is 1. The Morgan fingerprint density at radius 3 is 2.50 bits per heavy atom. The van der Waals surface area contributed by atoms with Gasteiger partial charge in [0.05, 0.1) is 18.3 Å². The molecule has 1 aliphatic rings. The van der Waals surface area contributed by atoms with Crippen molar-refractivity contribution in [2.45, 2.75) is 18.4 Å². The van der Waals surface area contributed by atoms with E-state index in [0.717, 1.165) is 12.1 Å². The Morgan fingerprint density at radius 1 is 1.39 bits per heavy atom. The number of hydrogen-bond donors (Lipinski definition) is 2. The maximum atomic E-state index is 13.5. The fraction of sp³-hybridized carbons (Fsp3) is 0.364. The number of carbonyl (C=O) groups is 1. The Hall–Kier alpha value is -1.40. The Morgan fingerprint density at radius 2 is 2.00 bits per heavy atom. The lowest BCUT2D eigenvalue weighted by atomic mass is 10.2. The van der Waals surface area contributed by atoms with Gasteiger partial charge in [0.1, 0.15) is 0 Å². The van der Waals surface area contributed by atoms with Crippen molar-refractivity contribution < 1.29 is 18.3 Å². The minimum atomic E-state index is -0.928. The molecular formula is C11H13ClF2N2O2. The minimum Gasteiger partial charge on any atom is -0.494 e. The fourth-order valence-corrected chi connectivity index (χ4v) is 1.39. The summed E-state index contributed by atoms with van der Waals surface area (Å²) in [7, 11) is 1.23. The Bertz CT molecular complexity index is 478. The van der Waals surface area contributed by atoms with Crippen molar-refractivity contribution in [1.82, 2.24) is 0 Å². The third-order valence-corrected chi connectivity index (χ3v) is 2.73. The molecule has 1 amide bonds. The summed E-state index contributed by atoms with van der Waals surface area (Å²) in [5.74, 6) is -2.22. The first-order valence-electron chi connectivity index (χ1n) is 5.09.